The molecule has 2 N–H and O–H groups in total. The van der Waals surface area contributed by atoms with Gasteiger partial charge in [0.15, 0.2) is 0 Å². The Morgan fingerprint density at radius 1 is 1.00 bits per heavy atom. The van der Waals surface area contributed by atoms with Crippen molar-refractivity contribution in [2.24, 2.45) is 22.2 Å². The van der Waals surface area contributed by atoms with E-state index in [0.717, 1.165) is 38.6 Å². The standard InChI is InChI=1S/C26H51NO/c1-11-20(12-2)22(28)21-16-24(8,13-3)17-23(6,7)19-27-26(10,15-5)18-25(21,9)14-4/h11,21-22,27-28H,12-19H2,1-10H3/b20-11-/t21?,22?,24-,25-,26+/m1/s1. The van der Waals surface area contributed by atoms with Gasteiger partial charge in [-0.1, -0.05) is 74.3 Å². The van der Waals surface area contributed by atoms with Gasteiger partial charge in [0.2, 0.25) is 0 Å². The summed E-state index contributed by atoms with van der Waals surface area (Å²) >= 11 is 0. The first-order valence-electron chi connectivity index (χ1n) is 11.9. The Bertz CT molecular complexity index is 525. The van der Waals surface area contributed by atoms with Gasteiger partial charge in [-0.25, -0.2) is 0 Å². The quantitative estimate of drug-likeness (QED) is 0.471. The number of nitrogens with one attached hydrogen (secondary N) is 1. The molecule has 0 aliphatic carbocycles. The number of hydrogen-bond acceptors (Lipinski definition) is 2. The van der Waals surface area contributed by atoms with Gasteiger partial charge in [-0.2, -0.15) is 0 Å². The normalized spacial score (nSPS) is 38.8. The maximum absolute atomic E-state index is 11.6. The van der Waals surface area contributed by atoms with Gasteiger partial charge in [-0.15, -0.1) is 0 Å². The minimum Gasteiger partial charge on any atom is -0.388 e. The number of allylic oxidation sites excluding steroid dienone is 1. The highest BCUT2D eigenvalue weighted by Crippen LogP contribution is 2.52. The van der Waals surface area contributed by atoms with E-state index in [2.05, 4.69) is 80.6 Å². The first-order chi connectivity index (χ1) is 12.8. The highest BCUT2D eigenvalue weighted by Gasteiger charge is 2.47. The van der Waals surface area contributed by atoms with E-state index in [-0.39, 0.29) is 33.8 Å². The van der Waals surface area contributed by atoms with E-state index in [1.165, 1.54) is 18.4 Å². The smallest absolute Gasteiger partial charge is 0.0783 e. The van der Waals surface area contributed by atoms with Crippen molar-refractivity contribution < 1.29 is 5.11 Å². The fraction of sp³-hybridized carbons (Fsp3) is 0.923. The van der Waals surface area contributed by atoms with Crippen molar-refractivity contribution in [1.82, 2.24) is 5.32 Å². The Labute approximate surface area is 177 Å². The van der Waals surface area contributed by atoms with Gasteiger partial charge in [0.25, 0.3) is 0 Å². The zero-order chi connectivity index (χ0) is 21.8. The van der Waals surface area contributed by atoms with E-state index in [9.17, 15) is 5.11 Å². The highest BCUT2D eigenvalue weighted by molar-refractivity contribution is 5.12. The van der Waals surface area contributed by atoms with Gasteiger partial charge >= 0.3 is 0 Å². The van der Waals surface area contributed by atoms with Crippen LogP contribution in [-0.4, -0.2) is 23.3 Å². The van der Waals surface area contributed by atoms with Crippen LogP contribution in [0.5, 0.6) is 0 Å². The van der Waals surface area contributed by atoms with Gasteiger partial charge < -0.3 is 10.4 Å². The van der Waals surface area contributed by atoms with Crippen LogP contribution in [0.25, 0.3) is 0 Å². The van der Waals surface area contributed by atoms with Crippen molar-refractivity contribution in [3.8, 4) is 0 Å². The van der Waals surface area contributed by atoms with Crippen molar-refractivity contribution in [3.05, 3.63) is 11.6 Å². The molecule has 1 aliphatic rings. The minimum absolute atomic E-state index is 0.110. The maximum atomic E-state index is 11.6. The molecule has 5 atom stereocenters. The Kier molecular flexibility index (Phi) is 8.85. The predicted molar refractivity (Wildman–Crippen MR) is 125 cm³/mol. The third-order valence-electron chi connectivity index (χ3n) is 8.28. The monoisotopic (exact) mass is 393 g/mol. The number of hydrogen-bond donors (Lipinski definition) is 2. The molecular weight excluding hydrogens is 342 g/mol. The summed E-state index contributed by atoms with van der Waals surface area (Å²) in [5, 5.41) is 15.6. The highest BCUT2D eigenvalue weighted by atomic mass is 16.3. The Morgan fingerprint density at radius 3 is 2.04 bits per heavy atom. The predicted octanol–water partition coefficient (Wildman–Crippen LogP) is 7.12. The molecule has 166 valence electrons. The van der Waals surface area contributed by atoms with Crippen molar-refractivity contribution in [1.29, 1.82) is 0 Å². The Balaban J connectivity index is 3.53. The van der Waals surface area contributed by atoms with Crippen molar-refractivity contribution in [3.63, 3.8) is 0 Å². The van der Waals surface area contributed by atoms with Gasteiger partial charge in [0.05, 0.1) is 6.10 Å². The van der Waals surface area contributed by atoms with Crippen LogP contribution in [0.4, 0.5) is 0 Å². The summed E-state index contributed by atoms with van der Waals surface area (Å²) in [6, 6.07) is 0. The molecule has 0 amide bonds. The summed E-state index contributed by atoms with van der Waals surface area (Å²) in [4.78, 5) is 0. The molecule has 0 aromatic heterocycles. The largest absolute Gasteiger partial charge is 0.388 e. The molecule has 28 heavy (non-hydrogen) atoms. The van der Waals surface area contributed by atoms with Crippen LogP contribution in [0.15, 0.2) is 11.6 Å². The van der Waals surface area contributed by atoms with E-state index in [1.807, 2.05) is 0 Å². The first kappa shape index (κ1) is 25.7. The summed E-state index contributed by atoms with van der Waals surface area (Å²) in [5.74, 6) is 0.287. The van der Waals surface area contributed by atoms with E-state index in [1.54, 1.807) is 0 Å². The zero-order valence-corrected chi connectivity index (χ0v) is 20.8. The third kappa shape index (κ3) is 6.08. The third-order valence-corrected chi connectivity index (χ3v) is 8.28. The lowest BCUT2D eigenvalue weighted by molar-refractivity contribution is -0.0290. The molecular formula is C26H51NO. The minimum atomic E-state index is -0.338. The molecule has 1 fully saturated rings. The number of rotatable bonds is 6. The average molecular weight is 394 g/mol. The van der Waals surface area contributed by atoms with E-state index in [0.29, 0.717) is 0 Å². The fourth-order valence-electron chi connectivity index (χ4n) is 5.85. The second-order valence-corrected chi connectivity index (χ2v) is 11.4. The molecule has 0 bridgehead atoms. The molecule has 0 radical (unpaired) electrons. The second kappa shape index (κ2) is 9.65. The molecule has 2 heteroatoms. The topological polar surface area (TPSA) is 32.3 Å². The lowest BCUT2D eigenvalue weighted by Gasteiger charge is -2.52. The SMILES string of the molecule is C/C=C(/CC)C(O)C1C[C@@](C)(CC)CC(C)(C)CN[C@@](C)(CC)C[C@@]1(C)CC. The fourth-order valence-corrected chi connectivity index (χ4v) is 5.85. The van der Waals surface area contributed by atoms with Crippen LogP contribution in [0, 0.1) is 22.2 Å². The van der Waals surface area contributed by atoms with Crippen molar-refractivity contribution in [2.45, 2.75) is 126 Å². The molecule has 2 nitrogen and oxygen atoms in total. The van der Waals surface area contributed by atoms with Crippen molar-refractivity contribution >= 4 is 0 Å². The first-order valence-corrected chi connectivity index (χ1v) is 11.9. The Morgan fingerprint density at radius 2 is 1.61 bits per heavy atom. The molecule has 1 saturated heterocycles. The second-order valence-electron chi connectivity index (χ2n) is 11.4. The van der Waals surface area contributed by atoms with Gasteiger partial charge in [0, 0.05) is 12.1 Å². The summed E-state index contributed by atoms with van der Waals surface area (Å²) in [6.07, 6.45) is 9.57. The van der Waals surface area contributed by atoms with Crippen LogP contribution < -0.4 is 5.32 Å². The molecule has 0 saturated carbocycles. The van der Waals surface area contributed by atoms with Crippen LogP contribution >= 0.6 is 0 Å². The van der Waals surface area contributed by atoms with E-state index < -0.39 is 0 Å². The molecule has 0 aromatic carbocycles. The van der Waals surface area contributed by atoms with Crippen LogP contribution in [0.3, 0.4) is 0 Å². The van der Waals surface area contributed by atoms with Gasteiger partial charge in [-0.3, -0.25) is 0 Å². The summed E-state index contributed by atoms with van der Waals surface area (Å²) in [5.41, 5.74) is 1.94. The molecule has 1 aliphatic heterocycles. The van der Waals surface area contributed by atoms with Crippen LogP contribution in [0.2, 0.25) is 0 Å². The number of aliphatic hydroxyl groups excluding tert-OH is 1. The zero-order valence-electron chi connectivity index (χ0n) is 20.8. The maximum Gasteiger partial charge on any atom is 0.0783 e. The van der Waals surface area contributed by atoms with Gasteiger partial charge in [-0.05, 0) is 73.7 Å². The summed E-state index contributed by atoms with van der Waals surface area (Å²) in [7, 11) is 0. The lowest BCUT2D eigenvalue weighted by atomic mass is 9.57. The summed E-state index contributed by atoms with van der Waals surface area (Å²) in [6.45, 7) is 24.5. The molecule has 0 spiro atoms. The lowest BCUT2D eigenvalue weighted by Crippen LogP contribution is -2.54. The summed E-state index contributed by atoms with van der Waals surface area (Å²) < 4.78 is 0. The molecule has 0 aromatic rings. The molecule has 1 rings (SSSR count). The van der Waals surface area contributed by atoms with Crippen LogP contribution in [0.1, 0.15) is 114 Å². The van der Waals surface area contributed by atoms with E-state index in [4.69, 9.17) is 0 Å². The molecule has 2 unspecified atom stereocenters. The average Bonchev–Trinajstić information content (AvgIpc) is 2.64. The number of aliphatic hydroxyl groups is 1. The van der Waals surface area contributed by atoms with Crippen molar-refractivity contribution in [2.75, 3.05) is 6.54 Å². The van der Waals surface area contributed by atoms with Gasteiger partial charge in [0.1, 0.15) is 0 Å². The van der Waals surface area contributed by atoms with Crippen LogP contribution in [-0.2, 0) is 0 Å². The van der Waals surface area contributed by atoms with E-state index >= 15 is 0 Å². The molecule has 1 heterocycles. The Hall–Kier alpha value is -0.340.